The van der Waals surface area contributed by atoms with E-state index >= 15 is 0 Å². The second-order valence-corrected chi connectivity index (χ2v) is 2.22. The molecule has 0 rings (SSSR count). The molecule has 0 fully saturated rings. The van der Waals surface area contributed by atoms with Crippen LogP contribution in [0.25, 0.3) is 0 Å². The summed E-state index contributed by atoms with van der Waals surface area (Å²) in [5, 5.41) is 0. The summed E-state index contributed by atoms with van der Waals surface area (Å²) < 4.78 is 9.56. The number of rotatable bonds is 0. The maximum absolute atomic E-state index is 9.56. The summed E-state index contributed by atoms with van der Waals surface area (Å²) in [4.78, 5) is 0. The van der Waals surface area contributed by atoms with Crippen molar-refractivity contribution in [1.29, 1.82) is 0 Å². The van der Waals surface area contributed by atoms with Crippen LogP contribution in [0.3, 0.4) is 0 Å². The summed E-state index contributed by atoms with van der Waals surface area (Å²) in [5.41, 5.74) is 0. The van der Waals surface area contributed by atoms with Crippen LogP contribution in [0.2, 0.25) is 0 Å². The first-order valence-electron chi connectivity index (χ1n) is 0.983. The average molecular weight is 153 g/mol. The molecule has 0 N–H and O–H groups in total. The summed E-state index contributed by atoms with van der Waals surface area (Å²) in [6.07, 6.45) is 3.28. The summed E-state index contributed by atoms with van der Waals surface area (Å²) in [6.45, 7) is 0. The van der Waals surface area contributed by atoms with Crippen LogP contribution in [0.1, 0.15) is 0 Å². The summed E-state index contributed by atoms with van der Waals surface area (Å²) in [7, 11) is -0.611. The molecule has 0 aliphatic rings. The first-order valence-corrected chi connectivity index (χ1v) is 2.95. The van der Waals surface area contributed by atoms with Crippen LogP contribution in [0.5, 0.6) is 0 Å². The van der Waals surface area contributed by atoms with E-state index in [1.807, 2.05) is 0 Å². The molecule has 0 unspecified atom stereocenters. The van der Waals surface area contributed by atoms with Crippen LogP contribution in [-0.2, 0) is 10.8 Å². The van der Waals surface area contributed by atoms with E-state index in [1.54, 1.807) is 12.5 Å². The van der Waals surface area contributed by atoms with E-state index in [2.05, 4.69) is 0 Å². The third kappa shape index (κ3) is 36.3. The van der Waals surface area contributed by atoms with Gasteiger partial charge in [-0.05, 0) is 0 Å². The van der Waals surface area contributed by atoms with Crippen LogP contribution in [0.4, 0.5) is 0 Å². The van der Waals surface area contributed by atoms with Gasteiger partial charge in [-0.15, -0.1) is 0 Å². The molecule has 0 saturated heterocycles. The van der Waals surface area contributed by atoms with Crippen molar-refractivity contribution in [3.8, 4) is 0 Å². The topological polar surface area (TPSA) is 17.1 Å². The van der Waals surface area contributed by atoms with Crippen LogP contribution in [0, 0.1) is 0 Å². The fraction of sp³-hybridized carbons (Fsp3) is 1.00. The summed E-state index contributed by atoms with van der Waals surface area (Å²) >= 11 is 0. The molecule has 0 bridgehead atoms. The fourth-order valence-corrected chi connectivity index (χ4v) is 0. The molecule has 0 heterocycles. The van der Waals surface area contributed by atoms with Crippen LogP contribution in [-0.4, -0.2) is 16.7 Å². The van der Waals surface area contributed by atoms with Gasteiger partial charge in [0.2, 0.25) is 0 Å². The Morgan fingerprint density at radius 3 is 1.33 bits per heavy atom. The molecule has 6 heavy (non-hydrogen) atoms. The minimum atomic E-state index is -0.611. The minimum Gasteiger partial charge on any atom is -1.00 e. The molecule has 0 aliphatic heterocycles. The first-order chi connectivity index (χ1) is 1.73. The van der Waals surface area contributed by atoms with Crippen LogP contribution in [0.15, 0.2) is 0 Å². The molecule has 0 aromatic carbocycles. The summed E-state index contributed by atoms with van der Waals surface area (Å²) in [5.74, 6) is 0. The van der Waals surface area contributed by atoms with Gasteiger partial charge in [0.15, 0.2) is 0 Å². The molecule has 0 spiro atoms. The third-order valence-corrected chi connectivity index (χ3v) is 0. The predicted molar refractivity (Wildman–Crippen MR) is 20.0 cm³/mol. The Bertz CT molecular complexity index is 36.5. The van der Waals surface area contributed by atoms with E-state index in [0.717, 1.165) is 0 Å². The Morgan fingerprint density at radius 2 is 1.33 bits per heavy atom. The van der Waals surface area contributed by atoms with E-state index in [0.29, 0.717) is 0 Å². The van der Waals surface area contributed by atoms with Gasteiger partial charge in [-0.25, -0.2) is 0 Å². The van der Waals surface area contributed by atoms with Crippen molar-refractivity contribution in [2.75, 3.05) is 12.5 Å². The van der Waals surface area contributed by atoms with Gasteiger partial charge in [-0.3, -0.25) is 4.21 Å². The molecule has 0 radical (unpaired) electrons. The zero-order valence-corrected chi connectivity index (χ0v) is 8.89. The molecule has 0 saturated carbocycles. The van der Waals surface area contributed by atoms with Crippen molar-refractivity contribution in [2.45, 2.75) is 0 Å². The SMILES string of the molecule is CS(C)=O.[Cl-].[K+]. The van der Waals surface area contributed by atoms with E-state index in [9.17, 15) is 4.21 Å². The van der Waals surface area contributed by atoms with E-state index < -0.39 is 10.8 Å². The molecule has 0 aliphatic carbocycles. The Balaban J connectivity index is -0.0000000450. The van der Waals surface area contributed by atoms with Gasteiger partial charge in [0, 0.05) is 23.3 Å². The number of halogens is 1. The zero-order valence-electron chi connectivity index (χ0n) is 4.19. The van der Waals surface area contributed by atoms with Gasteiger partial charge >= 0.3 is 51.4 Å². The number of hydrogen-bond donors (Lipinski definition) is 0. The van der Waals surface area contributed by atoms with Crippen LogP contribution >= 0.6 is 0 Å². The molecular weight excluding hydrogens is 147 g/mol. The fourth-order valence-electron chi connectivity index (χ4n) is 0. The molecule has 0 atom stereocenters. The predicted octanol–water partition coefficient (Wildman–Crippen LogP) is -6.00. The Labute approximate surface area is 89.6 Å². The second-order valence-electron chi connectivity index (χ2n) is 0.742. The van der Waals surface area contributed by atoms with Gasteiger partial charge in [-0.1, -0.05) is 0 Å². The first kappa shape index (κ1) is 15.7. The maximum Gasteiger partial charge on any atom is 1.00 e. The monoisotopic (exact) mass is 152 g/mol. The smallest absolute Gasteiger partial charge is 1.00 e. The maximum atomic E-state index is 9.56. The Morgan fingerprint density at radius 1 is 1.33 bits per heavy atom. The van der Waals surface area contributed by atoms with Crippen molar-refractivity contribution in [3.05, 3.63) is 0 Å². The van der Waals surface area contributed by atoms with Crippen molar-refractivity contribution < 1.29 is 68.0 Å². The Hall–Kier alpha value is 2.08. The van der Waals surface area contributed by atoms with Crippen LogP contribution < -0.4 is 63.8 Å². The number of hydrogen-bond acceptors (Lipinski definition) is 1. The van der Waals surface area contributed by atoms with Gasteiger partial charge in [0.1, 0.15) is 0 Å². The van der Waals surface area contributed by atoms with Gasteiger partial charge < -0.3 is 12.4 Å². The van der Waals surface area contributed by atoms with Crippen molar-refractivity contribution in [3.63, 3.8) is 0 Å². The average Bonchev–Trinajstić information content (AvgIpc) is 0.811. The van der Waals surface area contributed by atoms with Crippen molar-refractivity contribution in [2.24, 2.45) is 0 Å². The molecule has 0 amide bonds. The molecule has 0 aromatic heterocycles. The Kier molecular flexibility index (Phi) is 26.5. The molecule has 1 nitrogen and oxygen atoms in total. The van der Waals surface area contributed by atoms with E-state index in [1.165, 1.54) is 0 Å². The minimum absolute atomic E-state index is 0. The molecular formula is C2H6ClKOS. The quantitative estimate of drug-likeness (QED) is 0.316. The summed E-state index contributed by atoms with van der Waals surface area (Å²) in [6, 6.07) is 0. The standard InChI is InChI=1S/C2H6OS.ClH.K/c1-4(2)3;;/h1-2H3;1H;/q;;+1/p-1. The third-order valence-electron chi connectivity index (χ3n) is 0. The normalized spacial score (nSPS) is 5.83. The molecule has 34 valence electrons. The van der Waals surface area contributed by atoms with Crippen molar-refractivity contribution >= 4 is 10.8 Å². The van der Waals surface area contributed by atoms with Gasteiger partial charge in [0.05, 0.1) is 0 Å². The van der Waals surface area contributed by atoms with Crippen molar-refractivity contribution in [1.82, 2.24) is 0 Å². The zero-order chi connectivity index (χ0) is 3.58. The second kappa shape index (κ2) is 10.1. The largest absolute Gasteiger partial charge is 1.00 e. The molecule has 0 aromatic rings. The van der Waals surface area contributed by atoms with Gasteiger partial charge in [0.25, 0.3) is 0 Å². The van der Waals surface area contributed by atoms with E-state index in [-0.39, 0.29) is 63.8 Å². The van der Waals surface area contributed by atoms with Gasteiger partial charge in [-0.2, -0.15) is 0 Å². The van der Waals surface area contributed by atoms with E-state index in [4.69, 9.17) is 0 Å². The molecule has 4 heteroatoms.